The second-order valence-electron chi connectivity index (χ2n) is 14.3. The van der Waals surface area contributed by atoms with Gasteiger partial charge in [-0.15, -0.1) is 0 Å². The van der Waals surface area contributed by atoms with E-state index in [-0.39, 0.29) is 60.6 Å². The van der Waals surface area contributed by atoms with E-state index in [2.05, 4.69) is 5.32 Å². The summed E-state index contributed by atoms with van der Waals surface area (Å²) in [6.07, 6.45) is 6.46. The number of hydrogen-bond donors (Lipinski definition) is 3. The Balaban J connectivity index is 0.000000157. The lowest BCUT2D eigenvalue weighted by Gasteiger charge is -2.29. The fraction of sp³-hybridized carbons (Fsp3) is 0.526. The van der Waals surface area contributed by atoms with E-state index in [9.17, 15) is 28.8 Å². The van der Waals surface area contributed by atoms with E-state index >= 15 is 0 Å². The van der Waals surface area contributed by atoms with Crippen molar-refractivity contribution in [3.8, 4) is 0 Å². The van der Waals surface area contributed by atoms with Crippen molar-refractivity contribution in [3.63, 3.8) is 0 Å². The van der Waals surface area contributed by atoms with E-state index in [4.69, 9.17) is 20.5 Å². The number of rotatable bonds is 13. The van der Waals surface area contributed by atoms with Gasteiger partial charge in [0.05, 0.1) is 25.2 Å². The summed E-state index contributed by atoms with van der Waals surface area (Å²) in [5.74, 6) is -0.378. The van der Waals surface area contributed by atoms with E-state index < -0.39 is 18.1 Å². The molecule has 4 heterocycles. The molecule has 15 nitrogen and oxygen atoms in total. The molecule has 5 amide bonds. The van der Waals surface area contributed by atoms with Crippen molar-refractivity contribution in [2.45, 2.75) is 88.7 Å². The maximum atomic E-state index is 12.7. The molecule has 2 aromatic carbocycles. The minimum absolute atomic E-state index is 0.0247. The maximum Gasteiger partial charge on any atom is 0.345 e. The molecule has 6 fully saturated rings. The van der Waals surface area contributed by atoms with E-state index in [1.54, 1.807) is 4.90 Å². The lowest BCUT2D eigenvalue weighted by molar-refractivity contribution is -0.143. The molecule has 2 aliphatic carbocycles. The average Bonchev–Trinajstić information content (AvgIpc) is 4.12. The van der Waals surface area contributed by atoms with Gasteiger partial charge in [-0.1, -0.05) is 60.7 Å². The Morgan fingerprint density at radius 2 is 1.11 bits per heavy atom. The number of nitrogens with one attached hydrogen (secondary N) is 1. The van der Waals surface area contributed by atoms with Crippen LogP contribution in [0.4, 0.5) is 9.59 Å². The number of nitrogens with zero attached hydrogens (tertiary/aromatic N) is 4. The van der Waals surface area contributed by atoms with Crippen LogP contribution in [0.15, 0.2) is 60.7 Å². The van der Waals surface area contributed by atoms with Crippen LogP contribution in [0, 0.1) is 11.8 Å². The second-order valence-corrected chi connectivity index (χ2v) is 14.3. The van der Waals surface area contributed by atoms with E-state index in [0.717, 1.165) is 36.8 Å². The van der Waals surface area contributed by atoms with Crippen LogP contribution in [0.2, 0.25) is 0 Å². The van der Waals surface area contributed by atoms with Gasteiger partial charge in [-0.2, -0.15) is 10.1 Å². The number of benzene rings is 2. The number of carboxylic acid groups (broad SMARTS) is 1. The van der Waals surface area contributed by atoms with Gasteiger partial charge in [-0.05, 0) is 62.5 Å². The zero-order valence-electron chi connectivity index (χ0n) is 29.7. The van der Waals surface area contributed by atoms with Gasteiger partial charge in [0.1, 0.15) is 31.1 Å². The molecule has 6 aliphatic rings. The second kappa shape index (κ2) is 17.3. The first-order chi connectivity index (χ1) is 25.6. The average molecular weight is 733 g/mol. The highest BCUT2D eigenvalue weighted by atomic mass is 16.7. The van der Waals surface area contributed by atoms with Crippen LogP contribution in [-0.2, 0) is 42.1 Å². The number of hydrogen-bond acceptors (Lipinski definition) is 9. The van der Waals surface area contributed by atoms with Crippen LogP contribution in [0.25, 0.3) is 0 Å². The third-order valence-corrected chi connectivity index (χ3v) is 10.4. The topological polar surface area (TPSA) is 192 Å². The number of aliphatic carboxylic acids is 1. The Morgan fingerprint density at radius 3 is 1.55 bits per heavy atom. The number of hydroxylamine groups is 4. The van der Waals surface area contributed by atoms with Crippen molar-refractivity contribution in [2.75, 3.05) is 26.2 Å². The third-order valence-electron chi connectivity index (χ3n) is 10.4. The zero-order valence-corrected chi connectivity index (χ0v) is 29.7. The number of ketones is 2. The molecule has 4 atom stereocenters. The van der Waals surface area contributed by atoms with E-state index in [0.29, 0.717) is 57.9 Å². The summed E-state index contributed by atoms with van der Waals surface area (Å²) in [4.78, 5) is 84.9. The molecule has 4 saturated heterocycles. The Morgan fingerprint density at radius 1 is 0.660 bits per heavy atom. The van der Waals surface area contributed by atoms with Gasteiger partial charge in [0, 0.05) is 24.9 Å². The molecule has 2 saturated carbocycles. The molecule has 53 heavy (non-hydrogen) atoms. The number of carboxylic acids is 1. The number of nitrogens with two attached hydrogens (primary N) is 1. The predicted octanol–water partition coefficient (Wildman–Crippen LogP) is 2.88. The van der Waals surface area contributed by atoms with Gasteiger partial charge in [0.2, 0.25) is 5.91 Å². The number of piperidine rings is 2. The number of urea groups is 2. The summed E-state index contributed by atoms with van der Waals surface area (Å²) >= 11 is 0. The molecule has 0 aromatic heterocycles. The van der Waals surface area contributed by atoms with Crippen LogP contribution >= 0.6 is 0 Å². The van der Waals surface area contributed by atoms with Gasteiger partial charge < -0.3 is 26.0 Å². The Bertz CT molecular complexity index is 1640. The SMILES string of the molecule is NCC(=O)C1CC1.O=C(CNC(=O)[C@@H]1CC[C@@H]2CN1C(=O)N2OCc1ccccc1)C1CC1.O=C(O)[C@@H]1CC[C@@H]2CN1C(=O)N2OCc1ccccc1. The van der Waals surface area contributed by atoms with Crippen molar-refractivity contribution >= 4 is 35.5 Å². The molecule has 2 aromatic rings. The Hall–Kier alpha value is -4.86. The summed E-state index contributed by atoms with van der Waals surface area (Å²) in [7, 11) is 0. The number of carbonyl (C=O) groups excluding carboxylic acids is 5. The fourth-order valence-electron chi connectivity index (χ4n) is 6.98. The fourth-order valence-corrected chi connectivity index (χ4v) is 6.98. The van der Waals surface area contributed by atoms with Crippen molar-refractivity contribution in [1.82, 2.24) is 25.2 Å². The van der Waals surface area contributed by atoms with Gasteiger partial charge >= 0.3 is 18.0 Å². The molecule has 8 rings (SSSR count). The normalized spacial score (nSPS) is 24.2. The third kappa shape index (κ3) is 9.58. The minimum Gasteiger partial charge on any atom is -0.480 e. The highest BCUT2D eigenvalue weighted by Gasteiger charge is 2.49. The molecular weight excluding hydrogens is 684 g/mol. The van der Waals surface area contributed by atoms with E-state index in [1.807, 2.05) is 60.7 Å². The van der Waals surface area contributed by atoms with Crippen molar-refractivity contribution < 1.29 is 43.5 Å². The van der Waals surface area contributed by atoms with Crippen molar-refractivity contribution in [2.24, 2.45) is 17.6 Å². The first-order valence-electron chi connectivity index (χ1n) is 18.4. The summed E-state index contributed by atoms with van der Waals surface area (Å²) in [6.45, 7) is 1.87. The van der Waals surface area contributed by atoms with Crippen molar-refractivity contribution in [3.05, 3.63) is 71.8 Å². The summed E-state index contributed by atoms with van der Waals surface area (Å²) < 4.78 is 0. The maximum absolute atomic E-state index is 12.7. The number of Topliss-reactive ketones (excluding diaryl/α,β-unsaturated/α-hetero) is 2. The number of fused-ring (bicyclic) bond motifs is 4. The van der Waals surface area contributed by atoms with E-state index in [1.165, 1.54) is 15.0 Å². The van der Waals surface area contributed by atoms with Crippen LogP contribution < -0.4 is 11.1 Å². The largest absolute Gasteiger partial charge is 0.480 e. The molecule has 4 N–H and O–H groups in total. The molecule has 284 valence electrons. The Kier molecular flexibility index (Phi) is 12.4. The van der Waals surface area contributed by atoms with Gasteiger partial charge in [-0.25, -0.2) is 14.4 Å². The molecule has 0 radical (unpaired) electrons. The molecule has 4 aliphatic heterocycles. The first kappa shape index (κ1) is 37.9. The molecular formula is C38H48N6O9. The van der Waals surface area contributed by atoms with Gasteiger partial charge in [0.15, 0.2) is 5.78 Å². The first-order valence-corrected chi connectivity index (χ1v) is 18.4. The Labute approximate surface area is 308 Å². The lowest BCUT2D eigenvalue weighted by atomic mass is 10.0. The summed E-state index contributed by atoms with van der Waals surface area (Å²) in [6, 6.07) is 17.4. The highest BCUT2D eigenvalue weighted by molar-refractivity contribution is 5.93. The van der Waals surface area contributed by atoms with Crippen LogP contribution in [0.1, 0.15) is 62.5 Å². The molecule has 0 unspecified atom stereocenters. The smallest absolute Gasteiger partial charge is 0.345 e. The van der Waals surface area contributed by atoms with Crippen LogP contribution in [0.3, 0.4) is 0 Å². The quantitative estimate of drug-likeness (QED) is 0.276. The predicted molar refractivity (Wildman–Crippen MR) is 189 cm³/mol. The monoisotopic (exact) mass is 732 g/mol. The standard InChI is InChI=1S/C19H23N3O4.C14H16N2O4.C5H9NO/c23-17(14-6-7-14)10-20-18(24)16-9-8-15-11-21(16)19(25)22(15)26-12-13-4-2-1-3-5-13;17-13(18)12-7-6-11-8-15(12)14(19)16(11)20-9-10-4-2-1-3-5-10;6-3-5(7)4-1-2-4/h1-5,14-16H,6-12H2,(H,20,24);1-5,11-12H,6-9H2,(H,17,18);4H,1-3,6H2/t15-,16+;11-,12+;/m11./s1. The minimum atomic E-state index is -0.943. The van der Waals surface area contributed by atoms with Gasteiger partial charge in [-0.3, -0.25) is 24.1 Å². The zero-order chi connectivity index (χ0) is 37.5. The van der Waals surface area contributed by atoms with Gasteiger partial charge in [0.25, 0.3) is 0 Å². The van der Waals surface area contributed by atoms with Crippen LogP contribution in [-0.4, -0.2) is 111 Å². The summed E-state index contributed by atoms with van der Waals surface area (Å²) in [5, 5.41) is 14.6. The highest BCUT2D eigenvalue weighted by Crippen LogP contribution is 2.33. The lowest BCUT2D eigenvalue weighted by Crippen LogP contribution is -2.50. The molecule has 4 bridgehead atoms. The molecule has 15 heteroatoms. The number of carbonyl (C=O) groups is 6. The summed E-state index contributed by atoms with van der Waals surface area (Å²) in [5.41, 5.74) is 7.03. The van der Waals surface area contributed by atoms with Crippen LogP contribution in [0.5, 0.6) is 0 Å². The van der Waals surface area contributed by atoms with Crippen molar-refractivity contribution in [1.29, 1.82) is 0 Å². The number of amides is 5. The molecule has 0 spiro atoms.